The molecular formula is C23H24N2O3. The zero-order valence-electron chi connectivity index (χ0n) is 15.8. The summed E-state index contributed by atoms with van der Waals surface area (Å²) in [7, 11) is 0. The third kappa shape index (κ3) is 3.11. The van der Waals surface area contributed by atoms with Crippen LogP contribution in [0.2, 0.25) is 0 Å². The van der Waals surface area contributed by atoms with Crippen LogP contribution < -0.4 is 5.32 Å². The maximum absolute atomic E-state index is 12.5. The highest BCUT2D eigenvalue weighted by Crippen LogP contribution is 2.41. The first-order valence-electron chi connectivity index (χ1n) is 9.99. The Kier molecular flexibility index (Phi) is 4.41. The van der Waals surface area contributed by atoms with Crippen molar-refractivity contribution in [2.45, 2.75) is 32.0 Å². The summed E-state index contributed by atoms with van der Waals surface area (Å²) in [5, 5.41) is 12.6. The number of anilines is 1. The lowest BCUT2D eigenvalue weighted by atomic mass is 9.98. The van der Waals surface area contributed by atoms with Crippen molar-refractivity contribution < 1.29 is 14.6 Å². The number of aliphatic hydroxyl groups excluding tert-OH is 1. The van der Waals surface area contributed by atoms with E-state index in [1.807, 2.05) is 24.3 Å². The molecule has 2 aromatic carbocycles. The van der Waals surface area contributed by atoms with Gasteiger partial charge in [0, 0.05) is 42.0 Å². The van der Waals surface area contributed by atoms with Crippen LogP contribution in [0, 0.1) is 0 Å². The number of nitrogens with zero attached hydrogens (tertiary/aromatic N) is 1. The van der Waals surface area contributed by atoms with Crippen LogP contribution in [0.4, 0.5) is 5.69 Å². The minimum Gasteiger partial charge on any atom is -0.487 e. The monoisotopic (exact) mass is 376 g/mol. The fraction of sp³-hybridized carbons (Fsp3) is 0.348. The van der Waals surface area contributed by atoms with Crippen molar-refractivity contribution in [1.29, 1.82) is 0 Å². The number of fused-ring (bicyclic) bond motifs is 2. The van der Waals surface area contributed by atoms with Crippen molar-refractivity contribution in [2.75, 3.05) is 25.0 Å². The van der Waals surface area contributed by atoms with E-state index in [9.17, 15) is 9.90 Å². The van der Waals surface area contributed by atoms with Crippen molar-refractivity contribution in [3.05, 3.63) is 64.7 Å². The molecule has 0 spiro atoms. The van der Waals surface area contributed by atoms with Crippen LogP contribution in [0.5, 0.6) is 0 Å². The average molecular weight is 376 g/mol. The van der Waals surface area contributed by atoms with Gasteiger partial charge in [0.15, 0.2) is 0 Å². The highest BCUT2D eigenvalue weighted by molar-refractivity contribution is 6.36. The Balaban J connectivity index is 1.37. The van der Waals surface area contributed by atoms with Gasteiger partial charge >= 0.3 is 0 Å². The Hall–Kier alpha value is -2.63. The number of benzene rings is 2. The minimum atomic E-state index is -0.127. The standard InChI is InChI=1S/C23H24N2O3/c26-17-8-11-25(12-9-17)10-7-15-5-6-18-16(13-15)14-28-22(18)21-19-3-1-2-4-20(19)24-23(21)27/h1-6,13,17,26H,7-12,14H2,(H,24,27)/b22-21+. The van der Waals surface area contributed by atoms with Gasteiger partial charge in [-0.15, -0.1) is 0 Å². The number of ether oxygens (including phenoxy) is 1. The summed E-state index contributed by atoms with van der Waals surface area (Å²) in [5.41, 5.74) is 5.84. The molecule has 0 radical (unpaired) electrons. The maximum atomic E-state index is 12.5. The zero-order valence-corrected chi connectivity index (χ0v) is 15.8. The molecule has 28 heavy (non-hydrogen) atoms. The quantitative estimate of drug-likeness (QED) is 0.809. The molecule has 3 heterocycles. The van der Waals surface area contributed by atoms with Crippen LogP contribution in [0.1, 0.15) is 35.1 Å². The number of para-hydroxylation sites is 1. The summed E-state index contributed by atoms with van der Waals surface area (Å²) in [5.74, 6) is 0.592. The lowest BCUT2D eigenvalue weighted by molar-refractivity contribution is -0.110. The number of carbonyl (C=O) groups excluding carboxylic acids is 1. The number of hydrogen-bond acceptors (Lipinski definition) is 4. The molecule has 3 aliphatic rings. The first kappa shape index (κ1) is 17.5. The molecule has 5 rings (SSSR count). The first-order chi connectivity index (χ1) is 13.7. The number of amides is 1. The van der Waals surface area contributed by atoms with Crippen LogP contribution in [0.15, 0.2) is 42.5 Å². The van der Waals surface area contributed by atoms with Gasteiger partial charge in [0.2, 0.25) is 0 Å². The van der Waals surface area contributed by atoms with E-state index in [1.54, 1.807) is 0 Å². The molecule has 2 N–H and O–H groups in total. The summed E-state index contributed by atoms with van der Waals surface area (Å²) in [6.07, 6.45) is 2.60. The molecule has 0 saturated carbocycles. The van der Waals surface area contributed by atoms with E-state index in [1.165, 1.54) is 5.56 Å². The summed E-state index contributed by atoms with van der Waals surface area (Å²) in [6, 6.07) is 14.2. The molecular weight excluding hydrogens is 352 g/mol. The number of aliphatic hydroxyl groups is 1. The molecule has 144 valence electrons. The van der Waals surface area contributed by atoms with Crippen LogP contribution in [0.25, 0.3) is 11.3 Å². The number of piperidine rings is 1. The Labute approximate surface area is 164 Å². The van der Waals surface area contributed by atoms with E-state index in [4.69, 9.17) is 4.74 Å². The third-order valence-electron chi connectivity index (χ3n) is 5.96. The molecule has 0 aliphatic carbocycles. The van der Waals surface area contributed by atoms with Gasteiger partial charge in [-0.05, 0) is 30.9 Å². The Morgan fingerprint density at radius 3 is 2.79 bits per heavy atom. The van der Waals surface area contributed by atoms with Gasteiger partial charge in [-0.3, -0.25) is 4.79 Å². The molecule has 0 aromatic heterocycles. The molecule has 3 aliphatic heterocycles. The Bertz CT molecular complexity index is 958. The van der Waals surface area contributed by atoms with Crippen LogP contribution in [0.3, 0.4) is 0 Å². The highest BCUT2D eigenvalue weighted by Gasteiger charge is 2.32. The van der Waals surface area contributed by atoms with Gasteiger partial charge in [-0.1, -0.05) is 36.4 Å². The molecule has 0 atom stereocenters. The van der Waals surface area contributed by atoms with Crippen molar-refractivity contribution in [1.82, 2.24) is 4.90 Å². The molecule has 0 bridgehead atoms. The van der Waals surface area contributed by atoms with Gasteiger partial charge in [0.25, 0.3) is 5.91 Å². The SMILES string of the molecule is O=C1Nc2ccccc2/C1=C1\OCc2cc(CCN3CCC(O)CC3)ccc21. The predicted octanol–water partition coefficient (Wildman–Crippen LogP) is 3.04. The number of hydrogen-bond donors (Lipinski definition) is 2. The largest absolute Gasteiger partial charge is 0.487 e. The molecule has 1 saturated heterocycles. The van der Waals surface area contributed by atoms with Crippen LogP contribution in [-0.2, 0) is 22.6 Å². The third-order valence-corrected chi connectivity index (χ3v) is 5.96. The molecule has 5 heteroatoms. The van der Waals surface area contributed by atoms with Crippen molar-refractivity contribution in [2.24, 2.45) is 0 Å². The lowest BCUT2D eigenvalue weighted by Gasteiger charge is -2.29. The van der Waals surface area contributed by atoms with E-state index in [0.29, 0.717) is 17.9 Å². The second kappa shape index (κ2) is 7.08. The molecule has 5 nitrogen and oxygen atoms in total. The van der Waals surface area contributed by atoms with Crippen LogP contribution in [-0.4, -0.2) is 41.7 Å². The lowest BCUT2D eigenvalue weighted by Crippen LogP contribution is -2.37. The smallest absolute Gasteiger partial charge is 0.260 e. The minimum absolute atomic E-state index is 0.0968. The maximum Gasteiger partial charge on any atom is 0.260 e. The van der Waals surface area contributed by atoms with Crippen molar-refractivity contribution in [3.63, 3.8) is 0 Å². The van der Waals surface area contributed by atoms with E-state index in [0.717, 1.165) is 61.3 Å². The summed E-state index contributed by atoms with van der Waals surface area (Å²) < 4.78 is 5.98. The summed E-state index contributed by atoms with van der Waals surface area (Å²) >= 11 is 0. The highest BCUT2D eigenvalue weighted by atomic mass is 16.5. The van der Waals surface area contributed by atoms with Crippen molar-refractivity contribution in [3.8, 4) is 0 Å². The Morgan fingerprint density at radius 2 is 1.93 bits per heavy atom. The van der Waals surface area contributed by atoms with Gasteiger partial charge in [-0.25, -0.2) is 0 Å². The van der Waals surface area contributed by atoms with E-state index < -0.39 is 0 Å². The van der Waals surface area contributed by atoms with E-state index in [-0.39, 0.29) is 12.0 Å². The van der Waals surface area contributed by atoms with Gasteiger partial charge in [-0.2, -0.15) is 0 Å². The average Bonchev–Trinajstić information content (AvgIpc) is 3.26. The molecule has 2 aromatic rings. The van der Waals surface area contributed by atoms with E-state index >= 15 is 0 Å². The number of likely N-dealkylation sites (tertiary alicyclic amines) is 1. The summed E-state index contributed by atoms with van der Waals surface area (Å²) in [6.45, 7) is 3.46. The predicted molar refractivity (Wildman–Crippen MR) is 109 cm³/mol. The number of carbonyl (C=O) groups is 1. The first-order valence-corrected chi connectivity index (χ1v) is 9.99. The zero-order chi connectivity index (χ0) is 19.1. The Morgan fingerprint density at radius 1 is 1.11 bits per heavy atom. The van der Waals surface area contributed by atoms with Gasteiger partial charge in [0.1, 0.15) is 12.4 Å². The van der Waals surface area contributed by atoms with Crippen molar-refractivity contribution >= 4 is 22.9 Å². The van der Waals surface area contributed by atoms with Gasteiger partial charge in [0.05, 0.1) is 11.7 Å². The number of nitrogens with one attached hydrogen (secondary N) is 1. The number of rotatable bonds is 3. The topological polar surface area (TPSA) is 61.8 Å². The van der Waals surface area contributed by atoms with Gasteiger partial charge < -0.3 is 20.1 Å². The fourth-order valence-corrected chi connectivity index (χ4v) is 4.35. The molecule has 1 amide bonds. The normalized spacial score (nSPS) is 22.0. The van der Waals surface area contributed by atoms with E-state index in [2.05, 4.69) is 28.4 Å². The second-order valence-corrected chi connectivity index (χ2v) is 7.81. The fourth-order valence-electron chi connectivity index (χ4n) is 4.35. The molecule has 1 fully saturated rings. The second-order valence-electron chi connectivity index (χ2n) is 7.81. The molecule has 0 unspecified atom stereocenters. The summed E-state index contributed by atoms with van der Waals surface area (Å²) in [4.78, 5) is 14.9. The van der Waals surface area contributed by atoms with Crippen LogP contribution >= 0.6 is 0 Å².